The highest BCUT2D eigenvalue weighted by Gasteiger charge is 2.18. The van der Waals surface area contributed by atoms with E-state index in [1.165, 1.54) is 23.5 Å². The average Bonchev–Trinajstić information content (AvgIpc) is 3.28. The van der Waals surface area contributed by atoms with E-state index in [4.69, 9.17) is 0 Å². The van der Waals surface area contributed by atoms with E-state index >= 15 is 0 Å². The topological polar surface area (TPSA) is 35.6 Å². The van der Waals surface area contributed by atoms with E-state index in [-0.39, 0.29) is 0 Å². The molecule has 2 heterocycles. The molecule has 1 aromatic carbocycles. The van der Waals surface area contributed by atoms with Gasteiger partial charge in [0.1, 0.15) is 5.82 Å². The van der Waals surface area contributed by atoms with Crippen LogP contribution in [0.1, 0.15) is 36.6 Å². The number of nitrogens with zero attached hydrogens (tertiary/aromatic N) is 4. The molecule has 0 N–H and O–H groups in total. The molecule has 3 aromatic rings. The molecule has 0 saturated heterocycles. The van der Waals surface area contributed by atoms with E-state index in [2.05, 4.69) is 61.7 Å². The summed E-state index contributed by atoms with van der Waals surface area (Å²) in [7, 11) is 0. The van der Waals surface area contributed by atoms with Gasteiger partial charge in [-0.05, 0) is 30.9 Å². The fraction of sp³-hybridized carbons (Fsp3) is 0.263. The zero-order chi connectivity index (χ0) is 15.5. The third-order valence-corrected chi connectivity index (χ3v) is 4.50. The summed E-state index contributed by atoms with van der Waals surface area (Å²) in [5.74, 6) is 1.74. The molecule has 116 valence electrons. The lowest BCUT2D eigenvalue weighted by molar-refractivity contribution is 0.550. The molecule has 0 spiro atoms. The van der Waals surface area contributed by atoms with E-state index in [0.717, 1.165) is 19.4 Å². The van der Waals surface area contributed by atoms with Crippen molar-refractivity contribution in [2.24, 2.45) is 0 Å². The summed E-state index contributed by atoms with van der Waals surface area (Å²) >= 11 is 0. The lowest BCUT2D eigenvalue weighted by Crippen LogP contribution is -2.12. The Bertz CT molecular complexity index is 798. The number of rotatable bonds is 4. The number of benzene rings is 1. The largest absolute Gasteiger partial charge is 0.330 e. The van der Waals surface area contributed by atoms with Gasteiger partial charge in [0.25, 0.3) is 0 Å². The molecular weight excluding hydrogens is 284 g/mol. The first-order valence-corrected chi connectivity index (χ1v) is 8.14. The van der Waals surface area contributed by atoms with Crippen LogP contribution in [0.3, 0.4) is 0 Å². The molecular formula is C19H20N4. The maximum absolute atomic E-state index is 4.64. The molecule has 2 aromatic heterocycles. The number of aromatic nitrogens is 4. The zero-order valence-electron chi connectivity index (χ0n) is 13.0. The predicted molar refractivity (Wildman–Crippen MR) is 90.6 cm³/mol. The minimum absolute atomic E-state index is 0.537. The second-order valence-corrected chi connectivity index (χ2v) is 5.99. The van der Waals surface area contributed by atoms with E-state index in [9.17, 15) is 0 Å². The second-order valence-electron chi connectivity index (χ2n) is 5.99. The smallest absolute Gasteiger partial charge is 0.112 e. The Morgan fingerprint density at radius 1 is 1.09 bits per heavy atom. The molecule has 4 nitrogen and oxygen atoms in total. The molecule has 1 aliphatic carbocycles. The minimum Gasteiger partial charge on any atom is -0.330 e. The third kappa shape index (κ3) is 2.84. The zero-order valence-corrected chi connectivity index (χ0v) is 13.0. The van der Waals surface area contributed by atoms with Gasteiger partial charge >= 0.3 is 0 Å². The normalized spacial score (nSPS) is 17.5. The van der Waals surface area contributed by atoms with Crippen molar-refractivity contribution in [1.82, 2.24) is 19.1 Å². The highest BCUT2D eigenvalue weighted by molar-refractivity contribution is 5.41. The van der Waals surface area contributed by atoms with Crippen LogP contribution in [-0.4, -0.2) is 19.1 Å². The highest BCUT2D eigenvalue weighted by atomic mass is 15.1. The molecule has 1 unspecified atom stereocenters. The molecule has 0 amide bonds. The second kappa shape index (κ2) is 6.24. The quantitative estimate of drug-likeness (QED) is 0.684. The maximum Gasteiger partial charge on any atom is 0.112 e. The van der Waals surface area contributed by atoms with Crippen molar-refractivity contribution in [2.75, 3.05) is 0 Å². The van der Waals surface area contributed by atoms with Gasteiger partial charge in [0, 0.05) is 30.7 Å². The van der Waals surface area contributed by atoms with Crippen LogP contribution in [0.2, 0.25) is 0 Å². The van der Waals surface area contributed by atoms with Crippen molar-refractivity contribution < 1.29 is 0 Å². The van der Waals surface area contributed by atoms with Crippen LogP contribution in [0.4, 0.5) is 0 Å². The van der Waals surface area contributed by atoms with Crippen LogP contribution >= 0.6 is 0 Å². The lowest BCUT2D eigenvalue weighted by Gasteiger charge is -2.20. The fourth-order valence-electron chi connectivity index (χ4n) is 3.32. The molecule has 0 aliphatic heterocycles. The standard InChI is InChI=1S/C19H20N4/c1-2-6-16(7-3-1)19-21-11-13-22(19)14-17-8-4-5-9-18(17)23-12-10-20-15-23/h1-2,4-5,8-13,15-16H,3,6-7,14H2. The van der Waals surface area contributed by atoms with Gasteiger partial charge in [0.05, 0.1) is 18.6 Å². The number of imidazole rings is 2. The Labute approximate surface area is 136 Å². The summed E-state index contributed by atoms with van der Waals surface area (Å²) in [5, 5.41) is 0. The van der Waals surface area contributed by atoms with Crippen molar-refractivity contribution in [3.05, 3.63) is 78.9 Å². The van der Waals surface area contributed by atoms with Gasteiger partial charge in [0.2, 0.25) is 0 Å². The Kier molecular flexibility index (Phi) is 3.80. The highest BCUT2D eigenvalue weighted by Crippen LogP contribution is 2.28. The summed E-state index contributed by atoms with van der Waals surface area (Å²) in [6, 6.07) is 8.48. The molecule has 1 aliphatic rings. The average molecular weight is 304 g/mol. The summed E-state index contributed by atoms with van der Waals surface area (Å²) < 4.78 is 4.36. The van der Waals surface area contributed by atoms with Crippen molar-refractivity contribution in [3.8, 4) is 5.69 Å². The fourth-order valence-corrected chi connectivity index (χ4v) is 3.32. The molecule has 0 saturated carbocycles. The van der Waals surface area contributed by atoms with E-state index < -0.39 is 0 Å². The van der Waals surface area contributed by atoms with Crippen molar-refractivity contribution >= 4 is 0 Å². The Balaban J connectivity index is 1.65. The first-order valence-electron chi connectivity index (χ1n) is 8.14. The molecule has 0 radical (unpaired) electrons. The molecule has 1 atom stereocenters. The van der Waals surface area contributed by atoms with E-state index in [1.807, 2.05) is 24.9 Å². The monoisotopic (exact) mass is 304 g/mol. The van der Waals surface area contributed by atoms with Crippen molar-refractivity contribution in [2.45, 2.75) is 31.7 Å². The van der Waals surface area contributed by atoms with E-state index in [0.29, 0.717) is 5.92 Å². The van der Waals surface area contributed by atoms with Crippen LogP contribution in [0, 0.1) is 0 Å². The van der Waals surface area contributed by atoms with Crippen LogP contribution < -0.4 is 0 Å². The van der Waals surface area contributed by atoms with Gasteiger partial charge in [-0.3, -0.25) is 0 Å². The molecule has 23 heavy (non-hydrogen) atoms. The van der Waals surface area contributed by atoms with Gasteiger partial charge in [-0.15, -0.1) is 0 Å². The summed E-state index contributed by atoms with van der Waals surface area (Å²) in [6.07, 6.45) is 17.7. The number of hydrogen-bond acceptors (Lipinski definition) is 2. The SMILES string of the molecule is C1=CCC(c2nccn2Cc2ccccc2-n2ccnc2)CC1. The minimum atomic E-state index is 0.537. The summed E-state index contributed by atoms with van der Waals surface area (Å²) in [4.78, 5) is 8.80. The molecule has 0 bridgehead atoms. The first-order chi connectivity index (χ1) is 11.4. The van der Waals surface area contributed by atoms with Gasteiger partial charge < -0.3 is 9.13 Å². The molecule has 4 heteroatoms. The van der Waals surface area contributed by atoms with Gasteiger partial charge in [-0.1, -0.05) is 30.4 Å². The van der Waals surface area contributed by atoms with Crippen molar-refractivity contribution in [3.63, 3.8) is 0 Å². The lowest BCUT2D eigenvalue weighted by atomic mass is 9.93. The first kappa shape index (κ1) is 14.0. The van der Waals surface area contributed by atoms with Crippen LogP contribution in [-0.2, 0) is 6.54 Å². The Hall–Kier alpha value is -2.62. The summed E-state index contributed by atoms with van der Waals surface area (Å²) in [6.45, 7) is 0.837. The Morgan fingerprint density at radius 2 is 2.04 bits per heavy atom. The van der Waals surface area contributed by atoms with Gasteiger partial charge in [-0.25, -0.2) is 9.97 Å². The number of allylic oxidation sites excluding steroid dienone is 2. The molecule has 0 fully saturated rings. The Morgan fingerprint density at radius 3 is 2.87 bits per heavy atom. The van der Waals surface area contributed by atoms with Crippen LogP contribution in [0.15, 0.2) is 67.5 Å². The van der Waals surface area contributed by atoms with Crippen LogP contribution in [0.25, 0.3) is 5.69 Å². The van der Waals surface area contributed by atoms with Crippen molar-refractivity contribution in [1.29, 1.82) is 0 Å². The third-order valence-electron chi connectivity index (χ3n) is 4.50. The number of hydrogen-bond donors (Lipinski definition) is 0. The van der Waals surface area contributed by atoms with Gasteiger partial charge in [0.15, 0.2) is 0 Å². The summed E-state index contributed by atoms with van der Waals surface area (Å²) in [5.41, 5.74) is 2.45. The van der Waals surface area contributed by atoms with E-state index in [1.54, 1.807) is 0 Å². The number of para-hydroxylation sites is 1. The molecule has 4 rings (SSSR count). The maximum atomic E-state index is 4.64. The predicted octanol–water partition coefficient (Wildman–Crippen LogP) is 3.94. The van der Waals surface area contributed by atoms with Crippen LogP contribution in [0.5, 0.6) is 0 Å². The van der Waals surface area contributed by atoms with Gasteiger partial charge in [-0.2, -0.15) is 0 Å².